The van der Waals surface area contributed by atoms with Gasteiger partial charge in [0, 0.05) is 18.3 Å². The lowest BCUT2D eigenvalue weighted by atomic mass is 9.85. The SMILES string of the molecule is CC(C)(C)[C@H](NC(=O)/C=C/c1ccc(OP(=O)(O)O)cc1)C(=O)N1CCC[C@H]1C(=O)Nc1ccccc1. The highest BCUT2D eigenvalue weighted by atomic mass is 31.2. The van der Waals surface area contributed by atoms with Crippen LogP contribution in [0.15, 0.2) is 60.7 Å². The van der Waals surface area contributed by atoms with Crippen molar-refractivity contribution in [3.8, 4) is 5.75 Å². The fourth-order valence-electron chi connectivity index (χ4n) is 4.00. The first-order chi connectivity index (χ1) is 17.3. The summed E-state index contributed by atoms with van der Waals surface area (Å²) in [5.74, 6) is -1.08. The molecule has 11 heteroatoms. The molecule has 3 amide bonds. The molecule has 10 nitrogen and oxygen atoms in total. The largest absolute Gasteiger partial charge is 0.524 e. The molecule has 37 heavy (non-hydrogen) atoms. The first-order valence-electron chi connectivity index (χ1n) is 11.8. The average Bonchev–Trinajstić information content (AvgIpc) is 3.31. The summed E-state index contributed by atoms with van der Waals surface area (Å²) in [6.07, 6.45) is 4.00. The third kappa shape index (κ3) is 8.28. The van der Waals surface area contributed by atoms with Crippen LogP contribution in [0, 0.1) is 5.41 Å². The van der Waals surface area contributed by atoms with Gasteiger partial charge in [0.15, 0.2) is 0 Å². The maximum atomic E-state index is 13.6. The van der Waals surface area contributed by atoms with E-state index >= 15 is 0 Å². The molecule has 1 aliphatic rings. The molecule has 1 heterocycles. The molecule has 0 aliphatic carbocycles. The van der Waals surface area contributed by atoms with Crippen LogP contribution >= 0.6 is 7.82 Å². The van der Waals surface area contributed by atoms with Crippen LogP contribution in [0.25, 0.3) is 6.08 Å². The van der Waals surface area contributed by atoms with Gasteiger partial charge >= 0.3 is 7.82 Å². The number of hydrogen-bond donors (Lipinski definition) is 4. The van der Waals surface area contributed by atoms with E-state index in [-0.39, 0.29) is 17.6 Å². The van der Waals surface area contributed by atoms with Crippen molar-refractivity contribution < 1.29 is 33.3 Å². The Morgan fingerprint density at radius 1 is 1.08 bits per heavy atom. The Morgan fingerprint density at radius 3 is 2.32 bits per heavy atom. The predicted molar refractivity (Wildman–Crippen MR) is 139 cm³/mol. The molecule has 0 unspecified atom stereocenters. The molecule has 2 atom stereocenters. The number of para-hydroxylation sites is 1. The highest BCUT2D eigenvalue weighted by Gasteiger charge is 2.41. The van der Waals surface area contributed by atoms with E-state index in [4.69, 9.17) is 9.79 Å². The van der Waals surface area contributed by atoms with Crippen LogP contribution in [0.5, 0.6) is 5.75 Å². The van der Waals surface area contributed by atoms with E-state index in [9.17, 15) is 18.9 Å². The van der Waals surface area contributed by atoms with Crippen molar-refractivity contribution in [1.82, 2.24) is 10.2 Å². The van der Waals surface area contributed by atoms with Crippen molar-refractivity contribution in [2.45, 2.75) is 45.7 Å². The number of carbonyl (C=O) groups is 3. The van der Waals surface area contributed by atoms with Gasteiger partial charge in [-0.05, 0) is 54.2 Å². The standard InChI is InChI=1S/C26H32N3O7P/c1-26(2,3)23(28-22(30)16-13-18-11-14-20(15-12-18)36-37(33,34)35)25(32)29-17-7-10-21(29)24(31)27-19-8-5-4-6-9-19/h4-6,8-9,11-16,21,23H,7,10,17H2,1-3H3,(H,27,31)(H,28,30)(H2,33,34,35)/b16-13+/t21-,23+/m0/s1. The fourth-order valence-corrected chi connectivity index (χ4v) is 4.40. The summed E-state index contributed by atoms with van der Waals surface area (Å²) in [7, 11) is -4.66. The number of phosphoric acid groups is 1. The van der Waals surface area contributed by atoms with Crippen molar-refractivity contribution in [2.75, 3.05) is 11.9 Å². The molecule has 1 fully saturated rings. The number of benzene rings is 2. The number of phosphoric ester groups is 1. The zero-order valence-corrected chi connectivity index (χ0v) is 21.9. The molecule has 198 valence electrons. The number of amides is 3. The lowest BCUT2D eigenvalue weighted by Crippen LogP contribution is -2.57. The second-order valence-electron chi connectivity index (χ2n) is 9.84. The number of rotatable bonds is 8. The van der Waals surface area contributed by atoms with E-state index in [1.165, 1.54) is 41.3 Å². The van der Waals surface area contributed by atoms with Gasteiger partial charge in [-0.15, -0.1) is 0 Å². The molecule has 2 aromatic rings. The van der Waals surface area contributed by atoms with Crippen molar-refractivity contribution in [3.63, 3.8) is 0 Å². The number of anilines is 1. The Labute approximate surface area is 215 Å². The Kier molecular flexibility index (Phi) is 8.91. The zero-order valence-electron chi connectivity index (χ0n) is 21.0. The first kappa shape index (κ1) is 28.1. The van der Waals surface area contributed by atoms with Gasteiger partial charge in [0.25, 0.3) is 0 Å². The summed E-state index contributed by atoms with van der Waals surface area (Å²) in [5, 5.41) is 5.64. The van der Waals surface area contributed by atoms with Gasteiger partial charge in [0.2, 0.25) is 17.7 Å². The summed E-state index contributed by atoms with van der Waals surface area (Å²) in [4.78, 5) is 58.5. The minimum Gasteiger partial charge on any atom is -0.404 e. The van der Waals surface area contributed by atoms with Gasteiger partial charge in [-0.1, -0.05) is 51.1 Å². The van der Waals surface area contributed by atoms with E-state index in [1.54, 1.807) is 12.1 Å². The zero-order chi connectivity index (χ0) is 27.2. The minimum atomic E-state index is -4.66. The highest BCUT2D eigenvalue weighted by molar-refractivity contribution is 7.46. The van der Waals surface area contributed by atoms with Crippen molar-refractivity contribution in [1.29, 1.82) is 0 Å². The Hall–Kier alpha value is -3.46. The van der Waals surface area contributed by atoms with Crippen LogP contribution in [0.1, 0.15) is 39.2 Å². The van der Waals surface area contributed by atoms with E-state index in [2.05, 4.69) is 15.2 Å². The van der Waals surface area contributed by atoms with Crippen LogP contribution < -0.4 is 15.2 Å². The van der Waals surface area contributed by atoms with Crippen LogP contribution in [0.3, 0.4) is 0 Å². The molecule has 0 aromatic heterocycles. The second-order valence-corrected chi connectivity index (χ2v) is 11.0. The Bertz CT molecular complexity index is 1190. The molecule has 0 saturated carbocycles. The van der Waals surface area contributed by atoms with E-state index in [1.807, 2.05) is 39.0 Å². The Balaban J connectivity index is 1.67. The topological polar surface area (TPSA) is 145 Å². The molecule has 0 radical (unpaired) electrons. The van der Waals surface area contributed by atoms with E-state index in [0.717, 1.165) is 0 Å². The smallest absolute Gasteiger partial charge is 0.404 e. The summed E-state index contributed by atoms with van der Waals surface area (Å²) < 4.78 is 15.4. The highest BCUT2D eigenvalue weighted by Crippen LogP contribution is 2.37. The maximum Gasteiger partial charge on any atom is 0.524 e. The quantitative estimate of drug-likeness (QED) is 0.303. The fraction of sp³-hybridized carbons (Fsp3) is 0.346. The molecular weight excluding hydrogens is 497 g/mol. The summed E-state index contributed by atoms with van der Waals surface area (Å²) in [6, 6.07) is 13.3. The summed E-state index contributed by atoms with van der Waals surface area (Å²) >= 11 is 0. The Morgan fingerprint density at radius 2 is 1.73 bits per heavy atom. The molecule has 3 rings (SSSR count). The van der Waals surface area contributed by atoms with Gasteiger partial charge in [-0.25, -0.2) is 4.57 Å². The third-order valence-electron chi connectivity index (χ3n) is 5.81. The van der Waals surface area contributed by atoms with Crippen LogP contribution in [-0.2, 0) is 18.9 Å². The van der Waals surface area contributed by atoms with Gasteiger partial charge in [-0.3, -0.25) is 24.2 Å². The average molecular weight is 530 g/mol. The second kappa shape index (κ2) is 11.7. The molecule has 1 saturated heterocycles. The van der Waals surface area contributed by atoms with Crippen molar-refractivity contribution in [3.05, 3.63) is 66.2 Å². The number of nitrogens with zero attached hydrogens (tertiary/aromatic N) is 1. The normalized spacial score (nSPS) is 16.9. The van der Waals surface area contributed by atoms with E-state index < -0.39 is 31.2 Å². The molecule has 0 bridgehead atoms. The number of hydrogen-bond acceptors (Lipinski definition) is 5. The van der Waals surface area contributed by atoms with Gasteiger partial charge in [-0.2, -0.15) is 0 Å². The number of nitrogens with one attached hydrogen (secondary N) is 2. The van der Waals surface area contributed by atoms with Crippen LogP contribution in [-0.4, -0.2) is 51.0 Å². The van der Waals surface area contributed by atoms with Gasteiger partial charge < -0.3 is 20.1 Å². The van der Waals surface area contributed by atoms with Crippen molar-refractivity contribution in [2.24, 2.45) is 5.41 Å². The van der Waals surface area contributed by atoms with Gasteiger partial charge in [0.1, 0.15) is 17.8 Å². The molecule has 0 spiro atoms. The monoisotopic (exact) mass is 529 g/mol. The van der Waals surface area contributed by atoms with Gasteiger partial charge in [0.05, 0.1) is 0 Å². The lowest BCUT2D eigenvalue weighted by molar-refractivity contribution is -0.142. The molecule has 4 N–H and O–H groups in total. The third-order valence-corrected chi connectivity index (χ3v) is 6.26. The summed E-state index contributed by atoms with van der Waals surface area (Å²) in [5.41, 5.74) is 0.619. The van der Waals surface area contributed by atoms with Crippen LogP contribution in [0.2, 0.25) is 0 Å². The molecule has 1 aliphatic heterocycles. The van der Waals surface area contributed by atoms with Crippen LogP contribution in [0.4, 0.5) is 5.69 Å². The maximum absolute atomic E-state index is 13.6. The molecular formula is C26H32N3O7P. The van der Waals surface area contributed by atoms with E-state index in [0.29, 0.717) is 30.6 Å². The minimum absolute atomic E-state index is 0.00945. The first-order valence-corrected chi connectivity index (χ1v) is 13.4. The predicted octanol–water partition coefficient (Wildman–Crippen LogP) is 3.33. The van der Waals surface area contributed by atoms with Crippen molar-refractivity contribution >= 4 is 37.3 Å². The lowest BCUT2D eigenvalue weighted by Gasteiger charge is -2.35. The summed E-state index contributed by atoms with van der Waals surface area (Å²) in [6.45, 7) is 5.95. The number of likely N-dealkylation sites (tertiary alicyclic amines) is 1. The molecule has 2 aromatic carbocycles. The number of carbonyl (C=O) groups excluding carboxylic acids is 3.